The molecule has 1 saturated heterocycles. The quantitative estimate of drug-likeness (QED) is 0.649. The van der Waals surface area contributed by atoms with Crippen molar-refractivity contribution < 1.29 is 0 Å². The number of rotatable bonds is 4. The van der Waals surface area contributed by atoms with Crippen molar-refractivity contribution in [3.63, 3.8) is 0 Å². The van der Waals surface area contributed by atoms with E-state index >= 15 is 0 Å². The minimum atomic E-state index is 0.657. The van der Waals surface area contributed by atoms with Gasteiger partial charge in [-0.25, -0.2) is 0 Å². The first-order valence-electron chi connectivity index (χ1n) is 6.17. The summed E-state index contributed by atoms with van der Waals surface area (Å²) in [5, 5.41) is 4.22. The standard InChI is InChI=1S/C13H19ClN2S/c14-12-9-11(4-5-13(12)15)17-8-6-10-3-1-2-7-16-10/h4-5,9-10,16H,1-3,6-8,15H2. The van der Waals surface area contributed by atoms with E-state index in [1.54, 1.807) is 0 Å². The molecule has 1 unspecified atom stereocenters. The molecule has 0 amide bonds. The maximum absolute atomic E-state index is 5.99. The minimum absolute atomic E-state index is 0.657. The minimum Gasteiger partial charge on any atom is -0.398 e. The van der Waals surface area contributed by atoms with E-state index in [9.17, 15) is 0 Å². The average Bonchev–Trinajstić information content (AvgIpc) is 2.35. The summed E-state index contributed by atoms with van der Waals surface area (Å²) in [6.45, 7) is 1.18. The Balaban J connectivity index is 1.75. The Morgan fingerprint density at radius 2 is 2.29 bits per heavy atom. The van der Waals surface area contributed by atoms with Crippen molar-refractivity contribution in [2.75, 3.05) is 18.0 Å². The van der Waals surface area contributed by atoms with Crippen LogP contribution < -0.4 is 11.1 Å². The van der Waals surface area contributed by atoms with E-state index in [-0.39, 0.29) is 0 Å². The Bertz CT molecular complexity index is 364. The molecule has 1 aliphatic heterocycles. The van der Waals surface area contributed by atoms with Crippen molar-refractivity contribution >= 4 is 29.1 Å². The van der Waals surface area contributed by atoms with E-state index in [4.69, 9.17) is 17.3 Å². The number of nitrogen functional groups attached to an aromatic ring is 1. The van der Waals surface area contributed by atoms with Crippen molar-refractivity contribution in [3.8, 4) is 0 Å². The van der Waals surface area contributed by atoms with Gasteiger partial charge in [0, 0.05) is 10.9 Å². The number of hydrogen-bond acceptors (Lipinski definition) is 3. The normalized spacial score (nSPS) is 20.4. The maximum atomic E-state index is 5.99. The molecule has 1 atom stereocenters. The molecule has 0 aliphatic carbocycles. The lowest BCUT2D eigenvalue weighted by atomic mass is 10.0. The second kappa shape index (κ2) is 6.53. The van der Waals surface area contributed by atoms with Gasteiger partial charge in [-0.05, 0) is 49.8 Å². The van der Waals surface area contributed by atoms with Gasteiger partial charge in [0.1, 0.15) is 0 Å². The molecule has 1 aromatic carbocycles. The highest BCUT2D eigenvalue weighted by atomic mass is 35.5. The zero-order valence-electron chi connectivity index (χ0n) is 9.92. The lowest BCUT2D eigenvalue weighted by Crippen LogP contribution is -2.34. The summed E-state index contributed by atoms with van der Waals surface area (Å²) in [7, 11) is 0. The molecule has 0 radical (unpaired) electrons. The van der Waals surface area contributed by atoms with Gasteiger partial charge in [-0.15, -0.1) is 11.8 Å². The number of halogens is 1. The SMILES string of the molecule is Nc1ccc(SCCC2CCCCN2)cc1Cl. The zero-order chi connectivity index (χ0) is 12.1. The molecule has 1 heterocycles. The summed E-state index contributed by atoms with van der Waals surface area (Å²) in [4.78, 5) is 1.21. The van der Waals surface area contributed by atoms with Gasteiger partial charge in [0.15, 0.2) is 0 Å². The third-order valence-corrected chi connectivity index (χ3v) is 4.47. The fraction of sp³-hybridized carbons (Fsp3) is 0.538. The summed E-state index contributed by atoms with van der Waals surface area (Å²) in [5.74, 6) is 1.14. The monoisotopic (exact) mass is 270 g/mol. The molecule has 1 fully saturated rings. The molecular weight excluding hydrogens is 252 g/mol. The van der Waals surface area contributed by atoms with Gasteiger partial charge in [0.2, 0.25) is 0 Å². The van der Waals surface area contributed by atoms with E-state index in [1.807, 2.05) is 30.0 Å². The first-order chi connectivity index (χ1) is 8.25. The maximum Gasteiger partial charge on any atom is 0.0646 e. The molecule has 4 heteroatoms. The van der Waals surface area contributed by atoms with Crippen LogP contribution in [0, 0.1) is 0 Å². The second-order valence-electron chi connectivity index (χ2n) is 4.47. The van der Waals surface area contributed by atoms with Crippen LogP contribution in [0.15, 0.2) is 23.1 Å². The van der Waals surface area contributed by atoms with Crippen molar-refractivity contribution in [2.45, 2.75) is 36.6 Å². The Labute approximate surface area is 112 Å². The topological polar surface area (TPSA) is 38.0 Å². The first-order valence-corrected chi connectivity index (χ1v) is 7.53. The van der Waals surface area contributed by atoms with Crippen LogP contribution in [0.3, 0.4) is 0 Å². The molecule has 2 rings (SSSR count). The number of hydrogen-bond donors (Lipinski definition) is 2. The van der Waals surface area contributed by atoms with Crippen molar-refractivity contribution in [3.05, 3.63) is 23.2 Å². The number of thioether (sulfide) groups is 1. The van der Waals surface area contributed by atoms with Crippen LogP contribution in [0.5, 0.6) is 0 Å². The molecule has 2 nitrogen and oxygen atoms in total. The molecule has 1 aromatic rings. The summed E-state index contributed by atoms with van der Waals surface area (Å²) in [6, 6.07) is 6.58. The summed E-state index contributed by atoms with van der Waals surface area (Å²) in [5.41, 5.74) is 6.34. The molecule has 94 valence electrons. The molecule has 1 aliphatic rings. The number of benzene rings is 1. The Kier molecular flexibility index (Phi) is 5.01. The van der Waals surface area contributed by atoms with Crippen molar-refractivity contribution in [1.82, 2.24) is 5.32 Å². The number of nitrogens with one attached hydrogen (secondary N) is 1. The van der Waals surface area contributed by atoms with Crippen LogP contribution in [-0.2, 0) is 0 Å². The molecule has 0 bridgehead atoms. The van der Waals surface area contributed by atoms with Crippen LogP contribution in [0.2, 0.25) is 5.02 Å². The van der Waals surface area contributed by atoms with Crippen LogP contribution in [0.4, 0.5) is 5.69 Å². The molecule has 0 saturated carbocycles. The van der Waals surface area contributed by atoms with Gasteiger partial charge < -0.3 is 11.1 Å². The van der Waals surface area contributed by atoms with Gasteiger partial charge >= 0.3 is 0 Å². The fourth-order valence-corrected chi connectivity index (χ4v) is 3.34. The number of piperidine rings is 1. The largest absolute Gasteiger partial charge is 0.398 e. The fourth-order valence-electron chi connectivity index (χ4n) is 2.09. The van der Waals surface area contributed by atoms with Gasteiger partial charge in [0.05, 0.1) is 10.7 Å². The van der Waals surface area contributed by atoms with E-state index in [0.717, 1.165) is 5.75 Å². The highest BCUT2D eigenvalue weighted by Crippen LogP contribution is 2.27. The molecule has 3 N–H and O–H groups in total. The van der Waals surface area contributed by atoms with Gasteiger partial charge in [0.25, 0.3) is 0 Å². The number of anilines is 1. The molecular formula is C13H19ClN2S. The highest BCUT2D eigenvalue weighted by molar-refractivity contribution is 7.99. The lowest BCUT2D eigenvalue weighted by molar-refractivity contribution is 0.395. The van der Waals surface area contributed by atoms with Gasteiger partial charge in [-0.3, -0.25) is 0 Å². The van der Waals surface area contributed by atoms with E-state index in [0.29, 0.717) is 16.8 Å². The Morgan fingerprint density at radius 1 is 1.41 bits per heavy atom. The summed E-state index contributed by atoms with van der Waals surface area (Å²) >= 11 is 7.85. The summed E-state index contributed by atoms with van der Waals surface area (Å²) < 4.78 is 0. The smallest absolute Gasteiger partial charge is 0.0646 e. The first kappa shape index (κ1) is 13.1. The second-order valence-corrected chi connectivity index (χ2v) is 6.04. The van der Waals surface area contributed by atoms with Crippen LogP contribution in [0.1, 0.15) is 25.7 Å². The van der Waals surface area contributed by atoms with E-state index in [1.165, 1.54) is 37.1 Å². The number of nitrogens with two attached hydrogens (primary N) is 1. The Hall–Kier alpha value is -0.380. The lowest BCUT2D eigenvalue weighted by Gasteiger charge is -2.23. The molecule has 17 heavy (non-hydrogen) atoms. The Morgan fingerprint density at radius 3 is 3.00 bits per heavy atom. The third kappa shape index (κ3) is 4.09. The highest BCUT2D eigenvalue weighted by Gasteiger charge is 2.11. The van der Waals surface area contributed by atoms with E-state index in [2.05, 4.69) is 5.32 Å². The van der Waals surface area contributed by atoms with Gasteiger partial charge in [-0.2, -0.15) is 0 Å². The predicted octanol–water partition coefficient (Wildman–Crippen LogP) is 3.55. The van der Waals surface area contributed by atoms with Crippen LogP contribution in [0.25, 0.3) is 0 Å². The van der Waals surface area contributed by atoms with Crippen molar-refractivity contribution in [2.24, 2.45) is 0 Å². The third-order valence-electron chi connectivity index (χ3n) is 3.12. The van der Waals surface area contributed by atoms with Crippen LogP contribution in [-0.4, -0.2) is 18.3 Å². The zero-order valence-corrected chi connectivity index (χ0v) is 11.5. The van der Waals surface area contributed by atoms with Gasteiger partial charge in [-0.1, -0.05) is 18.0 Å². The molecule has 0 spiro atoms. The summed E-state index contributed by atoms with van der Waals surface area (Å²) in [6.07, 6.45) is 5.25. The van der Waals surface area contributed by atoms with Crippen molar-refractivity contribution in [1.29, 1.82) is 0 Å². The predicted molar refractivity (Wildman–Crippen MR) is 76.8 cm³/mol. The van der Waals surface area contributed by atoms with E-state index < -0.39 is 0 Å². The van der Waals surface area contributed by atoms with Crippen LogP contribution >= 0.6 is 23.4 Å². The molecule has 0 aromatic heterocycles. The average molecular weight is 271 g/mol.